The van der Waals surface area contributed by atoms with Gasteiger partial charge in [-0.3, -0.25) is 14.3 Å². The largest absolute Gasteiger partial charge is 0.481 e. The fourth-order valence-corrected chi connectivity index (χ4v) is 4.82. The quantitative estimate of drug-likeness (QED) is 0.784. The molecule has 1 N–H and O–H groups in total. The summed E-state index contributed by atoms with van der Waals surface area (Å²) in [7, 11) is 0. The number of carboxylic acid groups (broad SMARTS) is 1. The molecule has 4 rings (SSSR count). The highest BCUT2D eigenvalue weighted by molar-refractivity contribution is 5.77. The molecule has 1 aromatic carbocycles. The number of carbonyl (C=O) groups is 2. The SMILES string of the molecule is Cc1nn(Cc2ccc(F)cc2F)c2c1CCN(C(=O)C[C@H]1CC[C@@H](C(=O)O)CC1)C2. The normalized spacial score (nSPS) is 21.1. The van der Waals surface area contributed by atoms with E-state index in [0.717, 1.165) is 35.9 Å². The van der Waals surface area contributed by atoms with Gasteiger partial charge in [0.1, 0.15) is 11.6 Å². The second-order valence-corrected chi connectivity index (χ2v) is 8.73. The number of rotatable bonds is 5. The molecule has 31 heavy (non-hydrogen) atoms. The van der Waals surface area contributed by atoms with Crippen molar-refractivity contribution in [1.82, 2.24) is 14.7 Å². The van der Waals surface area contributed by atoms with E-state index in [1.165, 1.54) is 12.1 Å². The highest BCUT2D eigenvalue weighted by Gasteiger charge is 2.31. The number of carboxylic acids is 1. The summed E-state index contributed by atoms with van der Waals surface area (Å²) in [6, 6.07) is 3.52. The van der Waals surface area contributed by atoms with E-state index in [1.807, 2.05) is 11.8 Å². The Labute approximate surface area is 179 Å². The number of aryl methyl sites for hydroxylation is 1. The zero-order valence-electron chi connectivity index (χ0n) is 17.6. The van der Waals surface area contributed by atoms with Gasteiger partial charge in [-0.05, 0) is 56.6 Å². The maximum atomic E-state index is 14.1. The molecular formula is C23H27F2N3O3. The molecule has 1 saturated carbocycles. The van der Waals surface area contributed by atoms with Gasteiger partial charge in [0.15, 0.2) is 0 Å². The van der Waals surface area contributed by atoms with Crippen molar-refractivity contribution in [3.63, 3.8) is 0 Å². The molecule has 2 heterocycles. The number of aliphatic carboxylic acids is 1. The summed E-state index contributed by atoms with van der Waals surface area (Å²) in [5, 5.41) is 13.7. The van der Waals surface area contributed by atoms with Crippen molar-refractivity contribution in [3.05, 3.63) is 52.3 Å². The second-order valence-electron chi connectivity index (χ2n) is 8.73. The molecule has 166 valence electrons. The number of fused-ring (bicyclic) bond motifs is 1. The van der Waals surface area contributed by atoms with Gasteiger partial charge in [-0.25, -0.2) is 8.78 Å². The van der Waals surface area contributed by atoms with Crippen LogP contribution in [0, 0.1) is 30.4 Å². The van der Waals surface area contributed by atoms with Gasteiger partial charge in [0.05, 0.1) is 30.4 Å². The first-order valence-corrected chi connectivity index (χ1v) is 10.8. The van der Waals surface area contributed by atoms with Gasteiger partial charge >= 0.3 is 5.97 Å². The maximum absolute atomic E-state index is 14.1. The van der Waals surface area contributed by atoms with Crippen molar-refractivity contribution >= 4 is 11.9 Å². The van der Waals surface area contributed by atoms with E-state index in [1.54, 1.807) is 4.68 Å². The van der Waals surface area contributed by atoms with Crippen LogP contribution in [-0.2, 0) is 29.1 Å². The predicted octanol–water partition coefficient (Wildman–Crippen LogP) is 3.68. The monoisotopic (exact) mass is 431 g/mol. The number of benzene rings is 1. The van der Waals surface area contributed by atoms with Crippen LogP contribution in [0.2, 0.25) is 0 Å². The van der Waals surface area contributed by atoms with E-state index in [9.17, 15) is 18.4 Å². The van der Waals surface area contributed by atoms with Crippen molar-refractivity contribution in [2.45, 2.75) is 58.5 Å². The molecular weight excluding hydrogens is 404 g/mol. The first-order valence-electron chi connectivity index (χ1n) is 10.8. The summed E-state index contributed by atoms with van der Waals surface area (Å²) in [4.78, 5) is 25.9. The van der Waals surface area contributed by atoms with Crippen molar-refractivity contribution in [2.75, 3.05) is 6.54 Å². The Morgan fingerprint density at radius 3 is 2.61 bits per heavy atom. The Bertz CT molecular complexity index is 996. The predicted molar refractivity (Wildman–Crippen MR) is 109 cm³/mol. The molecule has 1 aliphatic carbocycles. The topological polar surface area (TPSA) is 75.4 Å². The van der Waals surface area contributed by atoms with E-state index in [2.05, 4.69) is 5.10 Å². The zero-order valence-corrected chi connectivity index (χ0v) is 17.6. The number of hydrogen-bond acceptors (Lipinski definition) is 3. The molecule has 0 spiro atoms. The molecule has 2 aromatic rings. The van der Waals surface area contributed by atoms with Crippen molar-refractivity contribution in [2.24, 2.45) is 11.8 Å². The molecule has 8 heteroatoms. The average molecular weight is 431 g/mol. The van der Waals surface area contributed by atoms with Crippen molar-refractivity contribution in [3.8, 4) is 0 Å². The Kier molecular flexibility index (Phi) is 6.07. The van der Waals surface area contributed by atoms with Crippen LogP contribution >= 0.6 is 0 Å². The van der Waals surface area contributed by atoms with Crippen LogP contribution in [0.5, 0.6) is 0 Å². The summed E-state index contributed by atoms with van der Waals surface area (Å²) < 4.78 is 29.1. The van der Waals surface area contributed by atoms with Crippen molar-refractivity contribution < 1.29 is 23.5 Å². The Morgan fingerprint density at radius 1 is 1.19 bits per heavy atom. The molecule has 0 unspecified atom stereocenters. The van der Waals surface area contributed by atoms with Crippen LogP contribution in [0.1, 0.15) is 54.6 Å². The number of nitrogens with zero attached hydrogens (tertiary/aromatic N) is 3. The molecule has 2 aliphatic rings. The first kappa shape index (κ1) is 21.5. The van der Waals surface area contributed by atoms with Gasteiger partial charge in [0.25, 0.3) is 0 Å². The van der Waals surface area contributed by atoms with Gasteiger partial charge in [-0.15, -0.1) is 0 Å². The highest BCUT2D eigenvalue weighted by Crippen LogP contribution is 2.32. The van der Waals surface area contributed by atoms with Crippen LogP contribution in [0.4, 0.5) is 8.78 Å². The minimum atomic E-state index is -0.741. The minimum absolute atomic E-state index is 0.0720. The molecule has 0 atom stereocenters. The van der Waals surface area contributed by atoms with E-state index in [4.69, 9.17) is 5.11 Å². The number of aromatic nitrogens is 2. The van der Waals surface area contributed by atoms with Crippen molar-refractivity contribution in [1.29, 1.82) is 0 Å². The van der Waals surface area contributed by atoms with E-state index in [0.29, 0.717) is 44.3 Å². The molecule has 6 nitrogen and oxygen atoms in total. The van der Waals surface area contributed by atoms with Crippen LogP contribution < -0.4 is 0 Å². The summed E-state index contributed by atoms with van der Waals surface area (Å²) in [6.45, 7) is 3.13. The maximum Gasteiger partial charge on any atom is 0.306 e. The first-order chi connectivity index (χ1) is 14.8. The number of amides is 1. The third-order valence-electron chi connectivity index (χ3n) is 6.69. The summed E-state index contributed by atoms with van der Waals surface area (Å²) >= 11 is 0. The molecule has 1 fully saturated rings. The molecule has 0 saturated heterocycles. The smallest absolute Gasteiger partial charge is 0.306 e. The Hall–Kier alpha value is -2.77. The van der Waals surface area contributed by atoms with E-state index < -0.39 is 17.6 Å². The fourth-order valence-electron chi connectivity index (χ4n) is 4.82. The van der Waals surface area contributed by atoms with Gasteiger partial charge in [-0.2, -0.15) is 5.10 Å². The minimum Gasteiger partial charge on any atom is -0.481 e. The number of hydrogen-bond donors (Lipinski definition) is 1. The third kappa shape index (κ3) is 4.62. The molecule has 0 radical (unpaired) electrons. The zero-order chi connectivity index (χ0) is 22.1. The average Bonchev–Trinajstić information content (AvgIpc) is 3.05. The molecule has 1 aliphatic heterocycles. The third-order valence-corrected chi connectivity index (χ3v) is 6.69. The molecule has 1 amide bonds. The summed E-state index contributed by atoms with van der Waals surface area (Å²) in [5.41, 5.74) is 3.21. The number of halogens is 2. The Balaban J connectivity index is 1.43. The van der Waals surface area contributed by atoms with Gasteiger partial charge in [-0.1, -0.05) is 6.07 Å². The summed E-state index contributed by atoms with van der Waals surface area (Å²) in [5.74, 6) is -1.95. The van der Waals surface area contributed by atoms with E-state index >= 15 is 0 Å². The summed E-state index contributed by atoms with van der Waals surface area (Å²) in [6.07, 6.45) is 3.93. The molecule has 0 bridgehead atoms. The van der Waals surface area contributed by atoms with Crippen LogP contribution in [0.15, 0.2) is 18.2 Å². The highest BCUT2D eigenvalue weighted by atomic mass is 19.1. The lowest BCUT2D eigenvalue weighted by Crippen LogP contribution is -2.38. The lowest BCUT2D eigenvalue weighted by molar-refractivity contribution is -0.143. The fraction of sp³-hybridized carbons (Fsp3) is 0.522. The lowest BCUT2D eigenvalue weighted by atomic mass is 9.80. The van der Waals surface area contributed by atoms with Crippen LogP contribution in [-0.4, -0.2) is 38.2 Å². The van der Waals surface area contributed by atoms with E-state index in [-0.39, 0.29) is 24.3 Å². The van der Waals surface area contributed by atoms with Gasteiger partial charge in [0.2, 0.25) is 5.91 Å². The van der Waals surface area contributed by atoms with Crippen LogP contribution in [0.3, 0.4) is 0 Å². The van der Waals surface area contributed by atoms with Crippen LogP contribution in [0.25, 0.3) is 0 Å². The van der Waals surface area contributed by atoms with Gasteiger partial charge in [0, 0.05) is 24.6 Å². The van der Waals surface area contributed by atoms with Gasteiger partial charge < -0.3 is 10.0 Å². The molecule has 1 aromatic heterocycles. The standard InChI is InChI=1S/C23H27F2N3O3/c1-14-19-8-9-27(22(29)10-15-2-4-16(5-3-15)23(30)31)13-21(19)28(26-14)12-17-6-7-18(24)11-20(17)25/h6-7,11,15-16H,2-5,8-10,12-13H2,1H3,(H,30,31)/t15-,16+. The Morgan fingerprint density at radius 2 is 1.94 bits per heavy atom. The second kappa shape index (κ2) is 8.77. The number of carbonyl (C=O) groups excluding carboxylic acids is 1. The lowest BCUT2D eigenvalue weighted by Gasteiger charge is -2.31.